The van der Waals surface area contributed by atoms with Crippen molar-refractivity contribution in [2.24, 2.45) is 5.41 Å². The molecule has 0 bridgehead atoms. The van der Waals surface area contributed by atoms with Crippen LogP contribution in [-0.4, -0.2) is 89.7 Å². The van der Waals surface area contributed by atoms with E-state index in [1.54, 1.807) is 18.0 Å². The van der Waals surface area contributed by atoms with E-state index in [-0.39, 0.29) is 18.5 Å². The Bertz CT molecular complexity index is 1110. The Hall–Kier alpha value is -3.25. The summed E-state index contributed by atoms with van der Waals surface area (Å²) in [4.78, 5) is 37.6. The lowest BCUT2D eigenvalue weighted by atomic mass is 9.77. The third-order valence-corrected chi connectivity index (χ3v) is 7.08. The smallest absolute Gasteiger partial charge is 0.336 e. The number of cyclic esters (lactones) is 1. The first-order valence-corrected chi connectivity index (χ1v) is 11.0. The number of nitrogens with zero attached hydrogens (tertiary/aromatic N) is 8. The quantitative estimate of drug-likeness (QED) is 0.611. The number of aromatic nitrogens is 6. The minimum atomic E-state index is -0.743. The molecule has 0 aliphatic carbocycles. The van der Waals surface area contributed by atoms with E-state index in [0.717, 1.165) is 19.3 Å². The molecule has 33 heavy (non-hydrogen) atoms. The van der Waals surface area contributed by atoms with Gasteiger partial charge in [0.05, 0.1) is 22.8 Å². The lowest BCUT2D eigenvalue weighted by molar-refractivity contribution is -0.138. The number of carbonyl (C=O) groups excluding carboxylic acids is 2. The number of tetrazole rings is 1. The summed E-state index contributed by atoms with van der Waals surface area (Å²) >= 11 is 0. The maximum absolute atomic E-state index is 13.3. The second kappa shape index (κ2) is 8.27. The van der Waals surface area contributed by atoms with Crippen molar-refractivity contribution in [3.63, 3.8) is 0 Å². The number of aliphatic hydroxyl groups is 1. The Morgan fingerprint density at radius 2 is 1.94 bits per heavy atom. The number of hydrogen-bond acceptors (Lipinski definition) is 10. The number of esters is 1. The highest BCUT2D eigenvalue weighted by Gasteiger charge is 2.50. The monoisotopic (exact) mass is 454 g/mol. The molecule has 12 nitrogen and oxygen atoms in total. The number of ether oxygens (including phenoxy) is 1. The molecule has 1 N–H and O–H groups in total. The molecular weight excluding hydrogens is 428 g/mol. The van der Waals surface area contributed by atoms with Crippen molar-refractivity contribution in [1.29, 1.82) is 0 Å². The fourth-order valence-electron chi connectivity index (χ4n) is 4.95. The van der Waals surface area contributed by atoms with Crippen LogP contribution >= 0.6 is 0 Å². The Kier molecular flexibility index (Phi) is 5.41. The number of aryl methyl sites for hydroxylation is 1. The van der Waals surface area contributed by atoms with Crippen LogP contribution in [0.25, 0.3) is 5.95 Å². The van der Waals surface area contributed by atoms with Crippen molar-refractivity contribution in [1.82, 2.24) is 40.0 Å². The molecule has 0 saturated carbocycles. The van der Waals surface area contributed by atoms with Crippen LogP contribution in [-0.2, 0) is 14.3 Å². The van der Waals surface area contributed by atoms with Crippen molar-refractivity contribution in [3.05, 3.63) is 35.1 Å². The summed E-state index contributed by atoms with van der Waals surface area (Å²) in [6.07, 6.45) is 4.50. The molecule has 12 heteroatoms. The molecular formula is C21H26N8O4. The molecule has 0 radical (unpaired) electrons. The Balaban J connectivity index is 1.21. The standard InChI is InChI=1S/C21H26N8O4/c1-13-16(11-33-18(13)31)28-8-5-21(19(28)32)3-6-27(7-4-21)10-17(30)15-9-22-20(24-14(15)2)29-12-23-25-26-29/h9,12,17,30H,3-8,10-11H2,1-2H3. The molecule has 5 heterocycles. The molecule has 2 aromatic rings. The first-order chi connectivity index (χ1) is 15.9. The van der Waals surface area contributed by atoms with Crippen LogP contribution in [0.5, 0.6) is 0 Å². The second-order valence-electron chi connectivity index (χ2n) is 8.92. The number of hydrogen-bond donors (Lipinski definition) is 1. The number of carbonyl (C=O) groups is 2. The fourth-order valence-corrected chi connectivity index (χ4v) is 4.95. The van der Waals surface area contributed by atoms with Crippen molar-refractivity contribution in [3.8, 4) is 5.95 Å². The van der Waals surface area contributed by atoms with Crippen LogP contribution in [0.15, 0.2) is 23.8 Å². The van der Waals surface area contributed by atoms with Gasteiger partial charge in [-0.15, -0.1) is 5.10 Å². The molecule has 2 aromatic heterocycles. The van der Waals surface area contributed by atoms with Crippen molar-refractivity contribution < 1.29 is 19.4 Å². The lowest BCUT2D eigenvalue weighted by Gasteiger charge is -2.38. The van der Waals surface area contributed by atoms with E-state index >= 15 is 0 Å². The molecule has 2 saturated heterocycles. The number of amides is 1. The maximum atomic E-state index is 13.3. The average Bonchev–Trinajstić information content (AvgIpc) is 3.53. The van der Waals surface area contributed by atoms with Gasteiger partial charge in [0.25, 0.3) is 5.95 Å². The van der Waals surface area contributed by atoms with Crippen molar-refractivity contribution >= 4 is 11.9 Å². The average molecular weight is 454 g/mol. The summed E-state index contributed by atoms with van der Waals surface area (Å²) in [5, 5.41) is 21.8. The first kappa shape index (κ1) is 21.6. The van der Waals surface area contributed by atoms with Gasteiger partial charge in [-0.05, 0) is 56.6 Å². The molecule has 2 fully saturated rings. The number of piperidine rings is 1. The van der Waals surface area contributed by atoms with Crippen LogP contribution in [0, 0.1) is 12.3 Å². The molecule has 1 atom stereocenters. The molecule has 1 unspecified atom stereocenters. The number of rotatable bonds is 5. The van der Waals surface area contributed by atoms with Crippen LogP contribution < -0.4 is 0 Å². The topological polar surface area (TPSA) is 139 Å². The van der Waals surface area contributed by atoms with Crippen molar-refractivity contribution in [2.45, 2.75) is 39.2 Å². The molecule has 3 aliphatic rings. The molecule has 5 rings (SSSR count). The van der Waals surface area contributed by atoms with Gasteiger partial charge in [-0.1, -0.05) is 0 Å². The molecule has 0 aromatic carbocycles. The Morgan fingerprint density at radius 3 is 2.58 bits per heavy atom. The first-order valence-electron chi connectivity index (χ1n) is 11.0. The Labute approximate surface area is 190 Å². The lowest BCUT2D eigenvalue weighted by Crippen LogP contribution is -2.45. The zero-order valence-corrected chi connectivity index (χ0v) is 18.6. The van der Waals surface area contributed by atoms with Crippen LogP contribution in [0.4, 0.5) is 0 Å². The van der Waals surface area contributed by atoms with Gasteiger partial charge >= 0.3 is 5.97 Å². The van der Waals surface area contributed by atoms with Gasteiger partial charge < -0.3 is 19.6 Å². The van der Waals surface area contributed by atoms with Gasteiger partial charge in [0.15, 0.2) is 0 Å². The number of likely N-dealkylation sites (tertiary alicyclic amines) is 2. The van der Waals surface area contributed by atoms with Gasteiger partial charge in [0, 0.05) is 30.5 Å². The molecule has 3 aliphatic heterocycles. The van der Waals surface area contributed by atoms with Crippen LogP contribution in [0.3, 0.4) is 0 Å². The van der Waals surface area contributed by atoms with E-state index in [9.17, 15) is 14.7 Å². The second-order valence-corrected chi connectivity index (χ2v) is 8.92. The minimum absolute atomic E-state index is 0.0952. The van der Waals surface area contributed by atoms with Gasteiger partial charge in [-0.25, -0.2) is 14.8 Å². The van der Waals surface area contributed by atoms with Crippen LogP contribution in [0.1, 0.15) is 43.5 Å². The van der Waals surface area contributed by atoms with E-state index in [1.165, 1.54) is 11.0 Å². The molecule has 1 spiro atoms. The summed E-state index contributed by atoms with van der Waals surface area (Å²) < 4.78 is 6.45. The fraction of sp³-hybridized carbons (Fsp3) is 0.571. The van der Waals surface area contributed by atoms with E-state index in [2.05, 4.69) is 30.4 Å². The predicted molar refractivity (Wildman–Crippen MR) is 113 cm³/mol. The van der Waals surface area contributed by atoms with Crippen LogP contribution in [0.2, 0.25) is 0 Å². The zero-order valence-electron chi connectivity index (χ0n) is 18.6. The predicted octanol–water partition coefficient (Wildman–Crippen LogP) is -0.0606. The minimum Gasteiger partial charge on any atom is -0.456 e. The zero-order chi connectivity index (χ0) is 23.2. The highest BCUT2D eigenvalue weighted by Crippen LogP contribution is 2.43. The largest absolute Gasteiger partial charge is 0.456 e. The summed E-state index contributed by atoms with van der Waals surface area (Å²) in [7, 11) is 0. The SMILES string of the molecule is CC1=C(N2CCC3(CCN(CC(O)c4cnc(-n5cnnn5)nc4C)CC3)C2=O)COC1=O. The van der Waals surface area contributed by atoms with E-state index in [0.29, 0.717) is 54.7 Å². The summed E-state index contributed by atoms with van der Waals surface area (Å²) in [6, 6.07) is 0. The number of β-amino-alcohol motifs (C(OH)–C–C–N with tert-alkyl or cyclic N) is 1. The van der Waals surface area contributed by atoms with E-state index in [4.69, 9.17) is 4.74 Å². The van der Waals surface area contributed by atoms with Crippen molar-refractivity contribution in [2.75, 3.05) is 32.8 Å². The van der Waals surface area contributed by atoms with Gasteiger partial charge in [0.1, 0.15) is 12.9 Å². The van der Waals surface area contributed by atoms with Gasteiger partial charge in [-0.2, -0.15) is 4.68 Å². The maximum Gasteiger partial charge on any atom is 0.336 e. The summed E-state index contributed by atoms with van der Waals surface area (Å²) in [5.41, 5.74) is 2.16. The highest BCUT2D eigenvalue weighted by molar-refractivity contribution is 5.94. The third-order valence-electron chi connectivity index (χ3n) is 7.08. The van der Waals surface area contributed by atoms with E-state index in [1.807, 2.05) is 6.92 Å². The number of aliphatic hydroxyl groups excluding tert-OH is 1. The Morgan fingerprint density at radius 1 is 1.18 bits per heavy atom. The highest BCUT2D eigenvalue weighted by atomic mass is 16.5. The molecule has 1 amide bonds. The third kappa shape index (κ3) is 3.78. The normalized spacial score (nSPS) is 21.8. The summed E-state index contributed by atoms with van der Waals surface area (Å²) in [5.74, 6) is 0.1000. The van der Waals surface area contributed by atoms with Gasteiger partial charge in [-0.3, -0.25) is 4.79 Å². The van der Waals surface area contributed by atoms with E-state index < -0.39 is 11.5 Å². The molecule has 174 valence electrons. The summed E-state index contributed by atoms with van der Waals surface area (Å²) in [6.45, 7) is 6.20. The van der Waals surface area contributed by atoms with Gasteiger partial charge in [0.2, 0.25) is 5.91 Å².